The number of carbonyl (C=O) groups excluding carboxylic acids is 1. The largest absolute Gasteiger partial charge is 0.463 e. The average molecular weight is 302 g/mol. The SMILES string of the molecule is CC(C)C(=O)OC(C(C)Br)[Si](C)(C)Cl. The summed E-state index contributed by atoms with van der Waals surface area (Å²) in [4.78, 5) is 11.5. The van der Waals surface area contributed by atoms with Crippen molar-refractivity contribution in [2.24, 2.45) is 5.92 Å². The summed E-state index contributed by atoms with van der Waals surface area (Å²) in [6, 6.07) is 0. The molecule has 0 N–H and O–H groups in total. The van der Waals surface area contributed by atoms with Crippen LogP contribution in [0, 0.1) is 5.92 Å². The summed E-state index contributed by atoms with van der Waals surface area (Å²) in [6.45, 7) is 9.55. The maximum atomic E-state index is 11.4. The van der Waals surface area contributed by atoms with Gasteiger partial charge in [-0.3, -0.25) is 4.79 Å². The van der Waals surface area contributed by atoms with Crippen LogP contribution in [-0.4, -0.2) is 23.9 Å². The zero-order valence-electron chi connectivity index (χ0n) is 9.30. The fourth-order valence-corrected chi connectivity index (χ4v) is 5.78. The van der Waals surface area contributed by atoms with E-state index in [2.05, 4.69) is 15.9 Å². The van der Waals surface area contributed by atoms with Gasteiger partial charge in [0.05, 0.1) is 5.92 Å². The van der Waals surface area contributed by atoms with Gasteiger partial charge in [0.15, 0.2) is 7.38 Å². The van der Waals surface area contributed by atoms with Gasteiger partial charge in [-0.25, -0.2) is 0 Å². The molecule has 84 valence electrons. The Balaban J connectivity index is 4.48. The second kappa shape index (κ2) is 5.52. The summed E-state index contributed by atoms with van der Waals surface area (Å²) < 4.78 is 5.38. The number of carbonyl (C=O) groups is 1. The molecule has 0 bridgehead atoms. The Morgan fingerprint density at radius 1 is 1.36 bits per heavy atom. The van der Waals surface area contributed by atoms with E-state index in [4.69, 9.17) is 15.8 Å². The lowest BCUT2D eigenvalue weighted by Gasteiger charge is -2.29. The molecule has 0 aliphatic rings. The van der Waals surface area contributed by atoms with E-state index in [1.54, 1.807) is 0 Å². The number of esters is 1. The van der Waals surface area contributed by atoms with E-state index in [-0.39, 0.29) is 22.4 Å². The summed E-state index contributed by atoms with van der Waals surface area (Å²) >= 11 is 9.70. The van der Waals surface area contributed by atoms with Crippen LogP contribution in [0.3, 0.4) is 0 Å². The molecule has 0 heterocycles. The van der Waals surface area contributed by atoms with Gasteiger partial charge < -0.3 is 4.74 Å². The molecule has 2 unspecified atom stereocenters. The van der Waals surface area contributed by atoms with Gasteiger partial charge in [-0.15, -0.1) is 0 Å². The molecule has 2 atom stereocenters. The Morgan fingerprint density at radius 3 is 2.00 bits per heavy atom. The minimum absolute atomic E-state index is 0.100. The highest BCUT2D eigenvalue weighted by atomic mass is 79.9. The van der Waals surface area contributed by atoms with Crippen LogP contribution in [0.4, 0.5) is 0 Å². The fraction of sp³-hybridized carbons (Fsp3) is 0.889. The number of hydrogen-bond acceptors (Lipinski definition) is 2. The predicted molar refractivity (Wildman–Crippen MR) is 66.4 cm³/mol. The quantitative estimate of drug-likeness (QED) is 0.345. The molecule has 0 amide bonds. The van der Waals surface area contributed by atoms with Gasteiger partial charge in [0.2, 0.25) is 0 Å². The standard InChI is InChI=1S/C9H18BrClO2Si/c1-6(2)8(12)13-9(7(3)10)14(4,5)11/h6-7,9H,1-5H3. The molecule has 0 saturated carbocycles. The summed E-state index contributed by atoms with van der Waals surface area (Å²) in [6.07, 6.45) is 0. The van der Waals surface area contributed by atoms with E-state index in [1.165, 1.54) is 0 Å². The molecule has 0 aliphatic heterocycles. The molecule has 5 heteroatoms. The second-order valence-corrected chi connectivity index (χ2v) is 12.3. The van der Waals surface area contributed by atoms with Crippen molar-refractivity contribution in [3.63, 3.8) is 0 Å². The van der Waals surface area contributed by atoms with E-state index in [9.17, 15) is 4.79 Å². The first-order valence-electron chi connectivity index (χ1n) is 4.69. The second-order valence-electron chi connectivity index (χ2n) is 4.25. The molecule has 0 radical (unpaired) electrons. The van der Waals surface area contributed by atoms with Crippen molar-refractivity contribution in [2.45, 2.75) is 44.4 Å². The first-order valence-corrected chi connectivity index (χ1v) is 9.70. The highest BCUT2D eigenvalue weighted by Crippen LogP contribution is 2.24. The lowest BCUT2D eigenvalue weighted by Crippen LogP contribution is -2.45. The highest BCUT2D eigenvalue weighted by Gasteiger charge is 2.37. The van der Waals surface area contributed by atoms with Crippen molar-refractivity contribution in [3.05, 3.63) is 0 Å². The molecule has 0 fully saturated rings. The Morgan fingerprint density at radius 2 is 1.79 bits per heavy atom. The average Bonchev–Trinajstić information content (AvgIpc) is 1.96. The van der Waals surface area contributed by atoms with Crippen molar-refractivity contribution in [1.29, 1.82) is 0 Å². The molecule has 0 saturated heterocycles. The topological polar surface area (TPSA) is 26.3 Å². The zero-order valence-corrected chi connectivity index (χ0v) is 12.6. The van der Waals surface area contributed by atoms with Gasteiger partial charge in [-0.2, -0.15) is 11.1 Å². The smallest absolute Gasteiger partial charge is 0.308 e. The van der Waals surface area contributed by atoms with Gasteiger partial charge in [-0.05, 0) is 6.92 Å². The summed E-state index contributed by atoms with van der Waals surface area (Å²) in [5.74, 6) is -0.278. The Kier molecular flexibility index (Phi) is 5.70. The van der Waals surface area contributed by atoms with Crippen molar-refractivity contribution in [2.75, 3.05) is 0 Å². The number of halogens is 2. The normalized spacial score (nSPS) is 16.6. The fourth-order valence-electron chi connectivity index (χ4n) is 1.04. The monoisotopic (exact) mass is 300 g/mol. The number of alkyl halides is 1. The van der Waals surface area contributed by atoms with Crippen LogP contribution in [0.5, 0.6) is 0 Å². The molecule has 0 aromatic rings. The molecule has 2 nitrogen and oxygen atoms in total. The first kappa shape index (κ1) is 14.5. The van der Waals surface area contributed by atoms with Crippen LogP contribution in [0.25, 0.3) is 0 Å². The van der Waals surface area contributed by atoms with Crippen molar-refractivity contribution < 1.29 is 9.53 Å². The Hall–Kier alpha value is 0.457. The third kappa shape index (κ3) is 4.80. The third-order valence-electron chi connectivity index (χ3n) is 1.81. The van der Waals surface area contributed by atoms with E-state index >= 15 is 0 Å². The lowest BCUT2D eigenvalue weighted by atomic mass is 10.2. The Bertz CT molecular complexity index is 201. The van der Waals surface area contributed by atoms with Gasteiger partial charge in [0.1, 0.15) is 5.73 Å². The predicted octanol–water partition coefficient (Wildman–Crippen LogP) is 3.32. The van der Waals surface area contributed by atoms with E-state index < -0.39 is 7.38 Å². The molecule has 0 aliphatic carbocycles. The van der Waals surface area contributed by atoms with Crippen LogP contribution in [0.1, 0.15) is 20.8 Å². The van der Waals surface area contributed by atoms with Crippen LogP contribution < -0.4 is 0 Å². The first-order chi connectivity index (χ1) is 6.16. The Labute approximate surface area is 100 Å². The van der Waals surface area contributed by atoms with Crippen molar-refractivity contribution >= 4 is 40.4 Å². The minimum atomic E-state index is -1.98. The zero-order chi connectivity index (χ0) is 11.5. The molecule has 0 aromatic carbocycles. The molecular weight excluding hydrogens is 284 g/mol. The van der Waals surface area contributed by atoms with Gasteiger partial charge in [-0.1, -0.05) is 42.9 Å². The van der Waals surface area contributed by atoms with Gasteiger partial charge in [0, 0.05) is 4.83 Å². The minimum Gasteiger partial charge on any atom is -0.463 e. The van der Waals surface area contributed by atoms with Crippen LogP contribution in [-0.2, 0) is 9.53 Å². The molecule has 0 rings (SSSR count). The summed E-state index contributed by atoms with van der Waals surface area (Å²) in [5.41, 5.74) is -0.181. The third-order valence-corrected chi connectivity index (χ3v) is 5.39. The maximum absolute atomic E-state index is 11.4. The van der Waals surface area contributed by atoms with Gasteiger partial charge >= 0.3 is 5.97 Å². The number of hydrogen-bond donors (Lipinski definition) is 0. The van der Waals surface area contributed by atoms with Crippen molar-refractivity contribution in [3.8, 4) is 0 Å². The maximum Gasteiger partial charge on any atom is 0.308 e. The molecule has 0 spiro atoms. The van der Waals surface area contributed by atoms with E-state index in [1.807, 2.05) is 33.9 Å². The molecule has 14 heavy (non-hydrogen) atoms. The van der Waals surface area contributed by atoms with Crippen LogP contribution in [0.2, 0.25) is 13.1 Å². The van der Waals surface area contributed by atoms with Crippen LogP contribution in [0.15, 0.2) is 0 Å². The van der Waals surface area contributed by atoms with E-state index in [0.717, 1.165) is 0 Å². The number of ether oxygens (including phenoxy) is 1. The lowest BCUT2D eigenvalue weighted by molar-refractivity contribution is -0.149. The van der Waals surface area contributed by atoms with Crippen molar-refractivity contribution in [1.82, 2.24) is 0 Å². The molecule has 0 aromatic heterocycles. The number of rotatable bonds is 4. The highest BCUT2D eigenvalue weighted by molar-refractivity contribution is 9.09. The van der Waals surface area contributed by atoms with E-state index in [0.29, 0.717) is 0 Å². The van der Waals surface area contributed by atoms with Crippen LogP contribution >= 0.6 is 27.0 Å². The molecular formula is C9H18BrClO2Si. The summed E-state index contributed by atoms with van der Waals surface area (Å²) in [5, 5.41) is 0. The summed E-state index contributed by atoms with van der Waals surface area (Å²) in [7, 11) is -1.98. The van der Waals surface area contributed by atoms with Gasteiger partial charge in [0.25, 0.3) is 0 Å².